The summed E-state index contributed by atoms with van der Waals surface area (Å²) in [6, 6.07) is 12.0. The molecule has 3 rings (SSSR count). The van der Waals surface area contributed by atoms with E-state index in [4.69, 9.17) is 9.47 Å². The first-order valence-corrected chi connectivity index (χ1v) is 8.58. The average Bonchev–Trinajstić information content (AvgIpc) is 2.69. The van der Waals surface area contributed by atoms with Crippen molar-refractivity contribution >= 4 is 17.5 Å². The van der Waals surface area contributed by atoms with Gasteiger partial charge in [0, 0.05) is 12.2 Å². The van der Waals surface area contributed by atoms with E-state index < -0.39 is 0 Å². The smallest absolute Gasteiger partial charge is 0.249 e. The van der Waals surface area contributed by atoms with Crippen molar-refractivity contribution in [2.75, 3.05) is 24.9 Å². The number of ether oxygens (including phenoxy) is 2. The Bertz CT molecular complexity index is 930. The minimum Gasteiger partial charge on any atom is -0.493 e. The van der Waals surface area contributed by atoms with Gasteiger partial charge in [-0.1, -0.05) is 18.2 Å². The minimum atomic E-state index is 0.445. The molecule has 7 heteroatoms. The first-order chi connectivity index (χ1) is 13.1. The van der Waals surface area contributed by atoms with Crippen molar-refractivity contribution in [3.05, 3.63) is 59.3 Å². The van der Waals surface area contributed by atoms with Gasteiger partial charge in [-0.05, 0) is 48.7 Å². The van der Waals surface area contributed by atoms with Crippen molar-refractivity contribution in [2.45, 2.75) is 20.4 Å². The zero-order valence-corrected chi connectivity index (χ0v) is 15.9. The standard InChI is InChI=1S/C20H23N5O2/c1-13-5-6-14(2)16(9-13)23-20-24-19(12-22-25-20)21-11-15-7-8-17(26-3)18(10-15)27-4/h5-10,12H,11H2,1-4H3,(H2,21,23,24,25). The molecule has 7 nitrogen and oxygen atoms in total. The van der Waals surface area contributed by atoms with Gasteiger partial charge in [0.2, 0.25) is 5.95 Å². The first-order valence-electron chi connectivity index (χ1n) is 8.58. The number of nitrogens with zero attached hydrogens (tertiary/aromatic N) is 3. The van der Waals surface area contributed by atoms with Crippen LogP contribution in [-0.2, 0) is 6.54 Å². The van der Waals surface area contributed by atoms with Gasteiger partial charge in [-0.15, -0.1) is 5.10 Å². The highest BCUT2D eigenvalue weighted by Crippen LogP contribution is 2.27. The molecule has 0 atom stereocenters. The fourth-order valence-corrected chi connectivity index (χ4v) is 2.62. The lowest BCUT2D eigenvalue weighted by Crippen LogP contribution is -2.06. The highest BCUT2D eigenvalue weighted by molar-refractivity contribution is 5.59. The molecule has 0 aliphatic heterocycles. The summed E-state index contributed by atoms with van der Waals surface area (Å²) in [6.07, 6.45) is 1.59. The van der Waals surface area contributed by atoms with Crippen molar-refractivity contribution in [1.82, 2.24) is 15.2 Å². The Kier molecular flexibility index (Phi) is 5.71. The minimum absolute atomic E-state index is 0.445. The topological polar surface area (TPSA) is 81.2 Å². The van der Waals surface area contributed by atoms with Crippen LogP contribution in [0.1, 0.15) is 16.7 Å². The lowest BCUT2D eigenvalue weighted by molar-refractivity contribution is 0.354. The molecule has 0 fully saturated rings. The maximum absolute atomic E-state index is 5.33. The normalized spacial score (nSPS) is 10.4. The Morgan fingerprint density at radius 3 is 2.56 bits per heavy atom. The van der Waals surface area contributed by atoms with Crippen molar-refractivity contribution in [2.24, 2.45) is 0 Å². The highest BCUT2D eigenvalue weighted by atomic mass is 16.5. The molecule has 0 saturated carbocycles. The predicted molar refractivity (Wildman–Crippen MR) is 106 cm³/mol. The maximum Gasteiger partial charge on any atom is 0.249 e. The molecule has 140 valence electrons. The molecule has 0 aliphatic carbocycles. The monoisotopic (exact) mass is 365 g/mol. The number of nitrogens with one attached hydrogen (secondary N) is 2. The van der Waals surface area contributed by atoms with Crippen LogP contribution in [0.4, 0.5) is 17.5 Å². The van der Waals surface area contributed by atoms with Crippen molar-refractivity contribution in [1.29, 1.82) is 0 Å². The molecular weight excluding hydrogens is 342 g/mol. The lowest BCUT2D eigenvalue weighted by Gasteiger charge is -2.11. The Balaban J connectivity index is 1.70. The molecular formula is C20H23N5O2. The third-order valence-electron chi connectivity index (χ3n) is 4.12. The average molecular weight is 365 g/mol. The molecule has 2 aromatic carbocycles. The van der Waals surface area contributed by atoms with E-state index in [2.05, 4.69) is 44.0 Å². The number of hydrogen-bond acceptors (Lipinski definition) is 7. The van der Waals surface area contributed by atoms with Gasteiger partial charge < -0.3 is 20.1 Å². The molecule has 0 amide bonds. The van der Waals surface area contributed by atoms with Gasteiger partial charge in [0.25, 0.3) is 0 Å². The molecule has 1 aromatic heterocycles. The van der Waals surface area contributed by atoms with Crippen LogP contribution in [0.25, 0.3) is 0 Å². The molecule has 2 N–H and O–H groups in total. The molecule has 0 bridgehead atoms. The van der Waals surface area contributed by atoms with Gasteiger partial charge in [0.15, 0.2) is 17.3 Å². The Hall–Kier alpha value is -3.35. The second-order valence-electron chi connectivity index (χ2n) is 6.15. The third kappa shape index (κ3) is 4.63. The van der Waals surface area contributed by atoms with Gasteiger partial charge in [-0.25, -0.2) is 0 Å². The van der Waals surface area contributed by atoms with E-state index >= 15 is 0 Å². The Morgan fingerprint density at radius 1 is 0.963 bits per heavy atom. The van der Waals surface area contributed by atoms with Crippen LogP contribution >= 0.6 is 0 Å². The van der Waals surface area contributed by atoms with Gasteiger partial charge in [0.05, 0.1) is 20.4 Å². The van der Waals surface area contributed by atoms with E-state index in [0.29, 0.717) is 29.8 Å². The van der Waals surface area contributed by atoms with Crippen LogP contribution in [0.2, 0.25) is 0 Å². The van der Waals surface area contributed by atoms with E-state index in [1.165, 1.54) is 5.56 Å². The number of rotatable bonds is 7. The number of aryl methyl sites for hydroxylation is 2. The summed E-state index contributed by atoms with van der Waals surface area (Å²) in [7, 11) is 3.24. The van der Waals surface area contributed by atoms with E-state index in [-0.39, 0.29) is 0 Å². The summed E-state index contributed by atoms with van der Waals surface area (Å²) in [5.41, 5.74) is 4.29. The quantitative estimate of drug-likeness (QED) is 0.658. The number of aromatic nitrogens is 3. The van der Waals surface area contributed by atoms with E-state index in [9.17, 15) is 0 Å². The summed E-state index contributed by atoms with van der Waals surface area (Å²) in [5, 5.41) is 14.6. The van der Waals surface area contributed by atoms with Crippen LogP contribution in [0.5, 0.6) is 11.5 Å². The van der Waals surface area contributed by atoms with Gasteiger partial charge in [-0.2, -0.15) is 10.1 Å². The van der Waals surface area contributed by atoms with Crippen LogP contribution in [0.3, 0.4) is 0 Å². The van der Waals surface area contributed by atoms with Crippen molar-refractivity contribution in [3.8, 4) is 11.5 Å². The molecule has 0 saturated heterocycles. The Morgan fingerprint density at radius 2 is 1.78 bits per heavy atom. The fourth-order valence-electron chi connectivity index (χ4n) is 2.62. The number of anilines is 3. The highest BCUT2D eigenvalue weighted by Gasteiger charge is 2.07. The lowest BCUT2D eigenvalue weighted by atomic mass is 10.1. The third-order valence-corrected chi connectivity index (χ3v) is 4.12. The zero-order chi connectivity index (χ0) is 19.2. The molecule has 0 spiro atoms. The number of benzene rings is 2. The second kappa shape index (κ2) is 8.35. The fraction of sp³-hybridized carbons (Fsp3) is 0.250. The molecule has 0 unspecified atom stereocenters. The van der Waals surface area contributed by atoms with Crippen molar-refractivity contribution in [3.63, 3.8) is 0 Å². The van der Waals surface area contributed by atoms with Crippen molar-refractivity contribution < 1.29 is 9.47 Å². The maximum atomic E-state index is 5.33. The molecule has 0 radical (unpaired) electrons. The van der Waals surface area contributed by atoms with Crippen LogP contribution < -0.4 is 20.1 Å². The SMILES string of the molecule is COc1ccc(CNc2cnnc(Nc3cc(C)ccc3C)n2)cc1OC. The molecule has 0 aliphatic rings. The largest absolute Gasteiger partial charge is 0.493 e. The summed E-state index contributed by atoms with van der Waals surface area (Å²) in [6.45, 7) is 4.65. The summed E-state index contributed by atoms with van der Waals surface area (Å²) < 4.78 is 10.6. The first kappa shape index (κ1) is 18.4. The summed E-state index contributed by atoms with van der Waals surface area (Å²) >= 11 is 0. The van der Waals surface area contributed by atoms with Crippen LogP contribution in [-0.4, -0.2) is 29.4 Å². The van der Waals surface area contributed by atoms with E-state index in [0.717, 1.165) is 16.8 Å². The molecule has 3 aromatic rings. The number of methoxy groups -OCH3 is 2. The van der Waals surface area contributed by atoms with Gasteiger partial charge in [0.1, 0.15) is 0 Å². The molecule has 27 heavy (non-hydrogen) atoms. The van der Waals surface area contributed by atoms with Crippen LogP contribution in [0.15, 0.2) is 42.6 Å². The van der Waals surface area contributed by atoms with E-state index in [1.54, 1.807) is 20.4 Å². The zero-order valence-electron chi connectivity index (χ0n) is 15.9. The van der Waals surface area contributed by atoms with Gasteiger partial charge in [-0.3, -0.25) is 0 Å². The second-order valence-corrected chi connectivity index (χ2v) is 6.15. The summed E-state index contributed by atoms with van der Waals surface area (Å²) in [4.78, 5) is 4.48. The van der Waals surface area contributed by atoms with Crippen LogP contribution in [0, 0.1) is 13.8 Å². The number of hydrogen-bond donors (Lipinski definition) is 2. The Labute approximate surface area is 158 Å². The predicted octanol–water partition coefficient (Wildman–Crippen LogP) is 3.86. The van der Waals surface area contributed by atoms with E-state index in [1.807, 2.05) is 32.0 Å². The molecule has 1 heterocycles. The van der Waals surface area contributed by atoms with Gasteiger partial charge >= 0.3 is 0 Å². The summed E-state index contributed by atoms with van der Waals surface area (Å²) in [5.74, 6) is 2.47.